The van der Waals surface area contributed by atoms with E-state index < -0.39 is 11.2 Å². The van der Waals surface area contributed by atoms with Gasteiger partial charge in [0.25, 0.3) is 5.91 Å². The van der Waals surface area contributed by atoms with Gasteiger partial charge in [0, 0.05) is 49.5 Å². The molecule has 1 aliphatic heterocycles. The molecule has 0 bridgehead atoms. The van der Waals surface area contributed by atoms with Crippen molar-refractivity contribution in [1.82, 2.24) is 25.1 Å². The summed E-state index contributed by atoms with van der Waals surface area (Å²) in [5, 5.41) is 10.3. The van der Waals surface area contributed by atoms with Gasteiger partial charge in [0.1, 0.15) is 16.6 Å². The molecule has 35 heavy (non-hydrogen) atoms. The molecule has 1 saturated heterocycles. The number of piperazine rings is 1. The number of hydrogen-bond donors (Lipinski definition) is 1. The number of amides is 1. The van der Waals surface area contributed by atoms with Crippen molar-refractivity contribution in [2.75, 3.05) is 43.4 Å². The lowest BCUT2D eigenvalue weighted by atomic mass is 10.1. The summed E-state index contributed by atoms with van der Waals surface area (Å²) in [6.45, 7) is 3.68. The van der Waals surface area contributed by atoms with Gasteiger partial charge in [0.2, 0.25) is 5.01 Å². The zero-order chi connectivity index (χ0) is 24.6. The number of halogens is 3. The van der Waals surface area contributed by atoms with E-state index in [2.05, 4.69) is 42.3 Å². The van der Waals surface area contributed by atoms with Gasteiger partial charge in [-0.05, 0) is 36.7 Å². The third-order valence-electron chi connectivity index (χ3n) is 5.72. The van der Waals surface area contributed by atoms with E-state index in [4.69, 9.17) is 0 Å². The second-order valence-electron chi connectivity index (χ2n) is 8.19. The van der Waals surface area contributed by atoms with Crippen LogP contribution in [0.15, 0.2) is 48.8 Å². The summed E-state index contributed by atoms with van der Waals surface area (Å²) < 4.78 is 38.6. The number of benzene rings is 1. The summed E-state index contributed by atoms with van der Waals surface area (Å²) in [4.78, 5) is 25.9. The Hall–Kier alpha value is -3.64. The van der Waals surface area contributed by atoms with Gasteiger partial charge in [-0.15, -0.1) is 10.2 Å². The lowest BCUT2D eigenvalue weighted by Crippen LogP contribution is -2.44. The van der Waals surface area contributed by atoms with Crippen molar-refractivity contribution < 1.29 is 18.0 Å². The molecule has 1 aromatic carbocycles. The first-order chi connectivity index (χ1) is 16.8. The molecule has 3 aromatic heterocycles. The van der Waals surface area contributed by atoms with Crippen LogP contribution < -0.4 is 10.2 Å². The molecular formula is C23H20F3N7OS. The van der Waals surface area contributed by atoms with Crippen molar-refractivity contribution in [1.29, 1.82) is 0 Å². The fraction of sp³-hybridized carbons (Fsp3) is 0.261. The van der Waals surface area contributed by atoms with Crippen LogP contribution in [0.4, 0.5) is 24.8 Å². The minimum Gasteiger partial charge on any atom is -0.354 e. The highest BCUT2D eigenvalue weighted by atomic mass is 32.1. The number of anilines is 2. The Kier molecular flexibility index (Phi) is 6.07. The molecule has 0 saturated carbocycles. The molecule has 1 fully saturated rings. The lowest BCUT2D eigenvalue weighted by Gasteiger charge is -2.33. The maximum atomic E-state index is 12.9. The molecule has 0 atom stereocenters. The third-order valence-corrected chi connectivity index (χ3v) is 6.73. The van der Waals surface area contributed by atoms with Crippen LogP contribution in [-0.2, 0) is 6.18 Å². The monoisotopic (exact) mass is 499 g/mol. The third kappa shape index (κ3) is 5.08. The Morgan fingerprint density at radius 1 is 0.971 bits per heavy atom. The van der Waals surface area contributed by atoms with Gasteiger partial charge in [-0.3, -0.25) is 4.79 Å². The highest BCUT2D eigenvalue weighted by molar-refractivity contribution is 7.14. The van der Waals surface area contributed by atoms with Crippen molar-refractivity contribution >= 4 is 39.7 Å². The van der Waals surface area contributed by atoms with Crippen LogP contribution in [-0.4, -0.2) is 64.2 Å². The van der Waals surface area contributed by atoms with Crippen LogP contribution in [0, 0.1) is 0 Å². The molecule has 1 N–H and O–H groups in total. The lowest BCUT2D eigenvalue weighted by molar-refractivity contribution is -0.138. The SMILES string of the molecule is CN1CCN(c2ccc(C(=O)Nc3cc4cc(-c5nnc(C(F)(F)F)s5)ccc4cn3)cn2)CC1. The molecule has 0 aliphatic carbocycles. The molecule has 1 amide bonds. The summed E-state index contributed by atoms with van der Waals surface area (Å²) in [5.74, 6) is 0.789. The molecule has 5 rings (SSSR count). The first-order valence-corrected chi connectivity index (χ1v) is 11.6. The number of fused-ring (bicyclic) bond motifs is 1. The van der Waals surface area contributed by atoms with Crippen molar-refractivity contribution in [3.05, 3.63) is 59.4 Å². The number of likely N-dealkylation sites (N-methyl/N-ethyl adjacent to an activating group) is 1. The number of aromatic nitrogens is 4. The van der Waals surface area contributed by atoms with Crippen LogP contribution in [0.3, 0.4) is 0 Å². The van der Waals surface area contributed by atoms with Crippen molar-refractivity contribution in [2.24, 2.45) is 0 Å². The van der Waals surface area contributed by atoms with Crippen LogP contribution >= 0.6 is 11.3 Å². The predicted molar refractivity (Wildman–Crippen MR) is 128 cm³/mol. The number of nitrogens with one attached hydrogen (secondary N) is 1. The summed E-state index contributed by atoms with van der Waals surface area (Å²) in [7, 11) is 2.08. The van der Waals surface area contributed by atoms with Gasteiger partial charge >= 0.3 is 6.18 Å². The Balaban J connectivity index is 1.31. The van der Waals surface area contributed by atoms with Crippen LogP contribution in [0.5, 0.6) is 0 Å². The zero-order valence-electron chi connectivity index (χ0n) is 18.6. The summed E-state index contributed by atoms with van der Waals surface area (Å²) in [6.07, 6.45) is -1.41. The fourth-order valence-corrected chi connectivity index (χ4v) is 4.44. The maximum absolute atomic E-state index is 12.9. The zero-order valence-corrected chi connectivity index (χ0v) is 19.4. The van der Waals surface area contributed by atoms with E-state index in [1.54, 1.807) is 36.5 Å². The molecule has 1 aliphatic rings. The summed E-state index contributed by atoms with van der Waals surface area (Å²) in [5.41, 5.74) is 0.893. The number of carbonyl (C=O) groups excluding carboxylic acids is 1. The minimum absolute atomic E-state index is 0.160. The van der Waals surface area contributed by atoms with E-state index in [0.717, 1.165) is 37.4 Å². The van der Waals surface area contributed by atoms with Gasteiger partial charge < -0.3 is 15.1 Å². The Bertz CT molecular complexity index is 1370. The average molecular weight is 500 g/mol. The molecule has 0 radical (unpaired) electrons. The summed E-state index contributed by atoms with van der Waals surface area (Å²) in [6, 6.07) is 10.3. The standard InChI is InChI=1S/C23H20F3N7OS/c1-32-6-8-33(9-7-32)19-5-4-16(13-28-19)20(34)29-18-11-17-10-14(2-3-15(17)12-27-18)21-30-31-22(35-21)23(24,25)26/h2-5,10-13H,6-9H2,1H3,(H,27,29,34). The van der Waals surface area contributed by atoms with Crippen LogP contribution in [0.1, 0.15) is 15.4 Å². The van der Waals surface area contributed by atoms with Gasteiger partial charge in [-0.25, -0.2) is 9.97 Å². The Morgan fingerprint density at radius 3 is 2.46 bits per heavy atom. The largest absolute Gasteiger partial charge is 0.445 e. The van der Waals surface area contributed by atoms with Gasteiger partial charge in [-0.1, -0.05) is 23.5 Å². The number of nitrogens with zero attached hydrogens (tertiary/aromatic N) is 6. The average Bonchev–Trinajstić information content (AvgIpc) is 3.35. The predicted octanol–water partition coefficient (Wildman–Crippen LogP) is 4.17. The molecule has 12 heteroatoms. The van der Waals surface area contributed by atoms with Crippen molar-refractivity contribution in [3.63, 3.8) is 0 Å². The Morgan fingerprint density at radius 2 is 1.77 bits per heavy atom. The number of pyridine rings is 2. The van der Waals surface area contributed by atoms with Crippen LogP contribution in [0.25, 0.3) is 21.3 Å². The highest BCUT2D eigenvalue weighted by Crippen LogP contribution is 2.35. The summed E-state index contributed by atoms with van der Waals surface area (Å²) >= 11 is 0.480. The van der Waals surface area contributed by atoms with E-state index >= 15 is 0 Å². The number of rotatable bonds is 4. The van der Waals surface area contributed by atoms with Gasteiger partial charge in [-0.2, -0.15) is 13.2 Å². The topological polar surface area (TPSA) is 87.1 Å². The molecule has 0 unspecified atom stereocenters. The molecule has 4 aromatic rings. The molecule has 0 spiro atoms. The second-order valence-corrected chi connectivity index (χ2v) is 9.17. The molecule has 4 heterocycles. The maximum Gasteiger partial charge on any atom is 0.445 e. The number of hydrogen-bond acceptors (Lipinski definition) is 8. The second kappa shape index (κ2) is 9.19. The first-order valence-electron chi connectivity index (χ1n) is 10.8. The van der Waals surface area contributed by atoms with E-state index in [9.17, 15) is 18.0 Å². The van der Waals surface area contributed by atoms with E-state index in [0.29, 0.717) is 33.7 Å². The van der Waals surface area contributed by atoms with Crippen LogP contribution in [0.2, 0.25) is 0 Å². The quantitative estimate of drug-likeness (QED) is 0.451. The normalized spacial score (nSPS) is 14.9. The molecular weight excluding hydrogens is 479 g/mol. The fourth-order valence-electron chi connectivity index (χ4n) is 3.73. The molecule has 8 nitrogen and oxygen atoms in total. The van der Waals surface area contributed by atoms with Crippen molar-refractivity contribution in [3.8, 4) is 10.6 Å². The minimum atomic E-state index is -4.54. The van der Waals surface area contributed by atoms with E-state index in [1.807, 2.05) is 6.07 Å². The first kappa shape index (κ1) is 23.1. The molecule has 180 valence electrons. The van der Waals surface area contributed by atoms with Crippen molar-refractivity contribution in [2.45, 2.75) is 6.18 Å². The smallest absolute Gasteiger partial charge is 0.354 e. The van der Waals surface area contributed by atoms with E-state index in [-0.39, 0.29) is 10.9 Å². The Labute approximate surface area is 202 Å². The van der Waals surface area contributed by atoms with E-state index in [1.165, 1.54) is 6.20 Å². The highest BCUT2D eigenvalue weighted by Gasteiger charge is 2.35. The van der Waals surface area contributed by atoms with Gasteiger partial charge in [0.15, 0.2) is 0 Å². The number of carbonyl (C=O) groups is 1. The number of alkyl halides is 3. The van der Waals surface area contributed by atoms with Gasteiger partial charge in [0.05, 0.1) is 5.56 Å².